The second kappa shape index (κ2) is 12.3. The van der Waals surface area contributed by atoms with Crippen molar-refractivity contribution in [3.63, 3.8) is 0 Å². The number of carbonyl (C=O) groups excluding carboxylic acids is 1. The van der Waals surface area contributed by atoms with Crippen LogP contribution in [0.2, 0.25) is 13.1 Å². The fourth-order valence-corrected chi connectivity index (χ4v) is 3.62. The Bertz CT molecular complexity index is 527. The number of ether oxygens (including phenoxy) is 1. The predicted molar refractivity (Wildman–Crippen MR) is 110 cm³/mol. The fourth-order valence-electron chi connectivity index (χ4n) is 2.97. The molecule has 0 spiro atoms. The maximum absolute atomic E-state index is 12.9. The molecule has 0 bridgehead atoms. The van der Waals surface area contributed by atoms with Gasteiger partial charge in [-0.25, -0.2) is 5.53 Å². The van der Waals surface area contributed by atoms with E-state index in [2.05, 4.69) is 22.7 Å². The van der Waals surface area contributed by atoms with Crippen molar-refractivity contribution < 1.29 is 18.8 Å². The molecule has 162 valence electrons. The molecule has 10 heteroatoms. The van der Waals surface area contributed by atoms with Crippen molar-refractivity contribution in [3.05, 3.63) is 11.9 Å². The van der Waals surface area contributed by atoms with E-state index < -0.39 is 8.56 Å². The van der Waals surface area contributed by atoms with Gasteiger partial charge in [0, 0.05) is 38.2 Å². The molecule has 1 aliphatic rings. The second-order valence-corrected chi connectivity index (χ2v) is 11.0. The summed E-state index contributed by atoms with van der Waals surface area (Å²) in [5.74, 6) is 0.137. The first-order valence-electron chi connectivity index (χ1n) is 9.89. The standard InChI is InChI=1S/C18H37N5O4Si/c1-14-11-23(15(2)12-27-28(4,5)25)18(24)7-6-8-21-9-16(22-19)13-26-17(14)10-20-3/h9,14-15,17,19-21,25H,6-8,10-13H2,1-5H3/b16-9-,22-19?. The molecule has 1 heterocycles. The summed E-state index contributed by atoms with van der Waals surface area (Å²) in [5.41, 5.74) is 7.82. The molecule has 3 atom stereocenters. The summed E-state index contributed by atoms with van der Waals surface area (Å²) in [7, 11) is -0.781. The first-order valence-corrected chi connectivity index (χ1v) is 12.7. The third kappa shape index (κ3) is 9.24. The summed E-state index contributed by atoms with van der Waals surface area (Å²) in [4.78, 5) is 24.7. The van der Waals surface area contributed by atoms with Crippen molar-refractivity contribution in [3.8, 4) is 0 Å². The molecule has 9 nitrogen and oxygen atoms in total. The third-order valence-corrected chi connectivity index (χ3v) is 5.50. The van der Waals surface area contributed by atoms with E-state index in [0.29, 0.717) is 44.8 Å². The van der Waals surface area contributed by atoms with Crippen LogP contribution in [0.5, 0.6) is 0 Å². The Labute approximate surface area is 169 Å². The van der Waals surface area contributed by atoms with Gasteiger partial charge in [0.25, 0.3) is 0 Å². The largest absolute Gasteiger partial charge is 0.411 e. The minimum atomic E-state index is -2.64. The van der Waals surface area contributed by atoms with E-state index in [4.69, 9.17) is 14.7 Å². The Morgan fingerprint density at radius 1 is 1.57 bits per heavy atom. The van der Waals surface area contributed by atoms with Crippen LogP contribution in [0.25, 0.3) is 0 Å². The Morgan fingerprint density at radius 3 is 2.89 bits per heavy atom. The number of hydrogen-bond acceptors (Lipinski definition) is 8. The molecule has 4 N–H and O–H groups in total. The van der Waals surface area contributed by atoms with E-state index in [1.807, 2.05) is 18.9 Å². The average Bonchev–Trinajstić information content (AvgIpc) is 2.64. The van der Waals surface area contributed by atoms with Crippen LogP contribution < -0.4 is 10.6 Å². The van der Waals surface area contributed by atoms with Crippen LogP contribution in [0.4, 0.5) is 0 Å². The molecular weight excluding hydrogens is 378 g/mol. The van der Waals surface area contributed by atoms with E-state index in [1.54, 1.807) is 19.3 Å². The normalized spacial score (nSPS) is 26.1. The topological polar surface area (TPSA) is 119 Å². The van der Waals surface area contributed by atoms with Crippen LogP contribution >= 0.6 is 0 Å². The fraction of sp³-hybridized carbons (Fsp3) is 0.833. The maximum atomic E-state index is 12.9. The van der Waals surface area contributed by atoms with Gasteiger partial charge >= 0.3 is 8.56 Å². The van der Waals surface area contributed by atoms with Crippen LogP contribution in [0, 0.1) is 11.4 Å². The summed E-state index contributed by atoms with van der Waals surface area (Å²) in [6, 6.07) is -0.140. The zero-order valence-electron chi connectivity index (χ0n) is 17.8. The first-order chi connectivity index (χ1) is 13.2. The smallest absolute Gasteiger partial charge is 0.329 e. The highest BCUT2D eigenvalue weighted by molar-refractivity contribution is 6.63. The number of nitrogens with zero attached hydrogens (tertiary/aromatic N) is 2. The van der Waals surface area contributed by atoms with E-state index in [1.165, 1.54) is 0 Å². The van der Waals surface area contributed by atoms with E-state index >= 15 is 0 Å². The molecule has 0 aromatic rings. The summed E-state index contributed by atoms with van der Waals surface area (Å²) < 4.78 is 11.6. The lowest BCUT2D eigenvalue weighted by Crippen LogP contribution is -2.48. The monoisotopic (exact) mass is 415 g/mol. The van der Waals surface area contributed by atoms with Crippen molar-refractivity contribution in [1.29, 1.82) is 5.53 Å². The van der Waals surface area contributed by atoms with E-state index in [0.717, 1.165) is 0 Å². The Kier molecular flexibility index (Phi) is 10.8. The van der Waals surface area contributed by atoms with Crippen LogP contribution in [0.1, 0.15) is 26.7 Å². The molecule has 1 rings (SSSR count). The lowest BCUT2D eigenvalue weighted by Gasteiger charge is -2.35. The Balaban J connectivity index is 2.95. The minimum absolute atomic E-state index is 0.0685. The number of likely N-dealkylation sites (N-methyl/N-ethyl adjacent to an activating group) is 1. The molecule has 1 amide bonds. The van der Waals surface area contributed by atoms with Crippen molar-refractivity contribution in [2.24, 2.45) is 11.0 Å². The maximum Gasteiger partial charge on any atom is 0.329 e. The molecule has 0 fully saturated rings. The molecule has 0 saturated heterocycles. The van der Waals surface area contributed by atoms with Gasteiger partial charge in [-0.05, 0) is 33.5 Å². The highest BCUT2D eigenvalue weighted by Gasteiger charge is 2.28. The molecule has 3 unspecified atom stereocenters. The second-order valence-electron chi connectivity index (χ2n) is 7.84. The SMILES string of the molecule is CNCC1OC/C(N=N)=C/NCCCC(=O)N(C(C)CO[Si](C)(C)O)CC1C. The van der Waals surface area contributed by atoms with Gasteiger partial charge in [-0.2, -0.15) is 5.11 Å². The molecule has 0 saturated carbocycles. The van der Waals surface area contributed by atoms with E-state index in [9.17, 15) is 9.59 Å². The van der Waals surface area contributed by atoms with Crippen LogP contribution in [0.3, 0.4) is 0 Å². The van der Waals surface area contributed by atoms with Crippen LogP contribution in [-0.4, -0.2) is 76.2 Å². The highest BCUT2D eigenvalue weighted by atomic mass is 28.4. The van der Waals surface area contributed by atoms with Crippen molar-refractivity contribution in [1.82, 2.24) is 15.5 Å². The van der Waals surface area contributed by atoms with Gasteiger partial charge in [0.15, 0.2) is 0 Å². The quantitative estimate of drug-likeness (QED) is 0.369. The van der Waals surface area contributed by atoms with Gasteiger partial charge in [0.2, 0.25) is 5.91 Å². The van der Waals surface area contributed by atoms with Gasteiger partial charge in [0.1, 0.15) is 5.70 Å². The summed E-state index contributed by atoms with van der Waals surface area (Å²) in [5, 5.41) is 9.74. The van der Waals surface area contributed by atoms with Gasteiger partial charge in [-0.1, -0.05) is 6.92 Å². The summed E-state index contributed by atoms with van der Waals surface area (Å²) in [6.45, 7) is 9.78. The number of nitrogens with one attached hydrogen (secondary N) is 3. The molecule has 0 aromatic carbocycles. The summed E-state index contributed by atoms with van der Waals surface area (Å²) >= 11 is 0. The van der Waals surface area contributed by atoms with Gasteiger partial charge < -0.3 is 29.5 Å². The average molecular weight is 416 g/mol. The van der Waals surface area contributed by atoms with Crippen LogP contribution in [-0.2, 0) is 14.0 Å². The number of hydrogen-bond donors (Lipinski definition) is 4. The zero-order valence-corrected chi connectivity index (χ0v) is 18.8. The lowest BCUT2D eigenvalue weighted by atomic mass is 10.0. The number of amides is 1. The minimum Gasteiger partial charge on any atom is -0.411 e. The third-order valence-electron chi connectivity index (χ3n) is 4.62. The van der Waals surface area contributed by atoms with Crippen LogP contribution in [0.15, 0.2) is 17.0 Å². The highest BCUT2D eigenvalue weighted by Crippen LogP contribution is 2.16. The lowest BCUT2D eigenvalue weighted by molar-refractivity contribution is -0.135. The van der Waals surface area contributed by atoms with E-state index in [-0.39, 0.29) is 30.6 Å². The van der Waals surface area contributed by atoms with Gasteiger partial charge in [-0.3, -0.25) is 4.79 Å². The summed E-state index contributed by atoms with van der Waals surface area (Å²) in [6.07, 6.45) is 2.64. The van der Waals surface area contributed by atoms with Crippen molar-refractivity contribution >= 4 is 14.5 Å². The molecule has 1 aliphatic heterocycles. The molecule has 0 radical (unpaired) electrons. The first kappa shape index (κ1) is 24.7. The van der Waals surface area contributed by atoms with Crippen molar-refractivity contribution in [2.45, 2.75) is 51.9 Å². The van der Waals surface area contributed by atoms with Crippen molar-refractivity contribution in [2.75, 3.05) is 39.9 Å². The molecule has 28 heavy (non-hydrogen) atoms. The molecule has 0 aromatic heterocycles. The predicted octanol–water partition coefficient (Wildman–Crippen LogP) is 1.41. The number of carbonyl (C=O) groups is 1. The molecular formula is C18H37N5O4Si. The molecule has 0 aliphatic carbocycles. The zero-order chi connectivity index (χ0) is 21.2. The Hall–Kier alpha value is -1.33. The Morgan fingerprint density at radius 2 is 2.29 bits per heavy atom. The number of rotatable bonds is 7. The van der Waals surface area contributed by atoms with Gasteiger partial charge in [0.05, 0.1) is 25.4 Å². The van der Waals surface area contributed by atoms with Gasteiger partial charge in [-0.15, -0.1) is 0 Å².